The first-order valence-corrected chi connectivity index (χ1v) is 7.87. The highest BCUT2D eigenvalue weighted by Crippen LogP contribution is 2.51. The molecule has 1 spiro atoms. The van der Waals surface area contributed by atoms with Gasteiger partial charge in [-0.2, -0.15) is 0 Å². The summed E-state index contributed by atoms with van der Waals surface area (Å²) in [6.07, 6.45) is 3.62. The van der Waals surface area contributed by atoms with E-state index in [0.29, 0.717) is 37.5 Å². The summed E-state index contributed by atoms with van der Waals surface area (Å²) in [7, 11) is 0. The fourth-order valence-corrected chi connectivity index (χ4v) is 3.66. The van der Waals surface area contributed by atoms with Crippen molar-refractivity contribution in [3.8, 4) is 0 Å². The summed E-state index contributed by atoms with van der Waals surface area (Å²) < 4.78 is 5.75. The van der Waals surface area contributed by atoms with Crippen molar-refractivity contribution in [1.82, 2.24) is 9.88 Å². The largest absolute Gasteiger partial charge is 0.392 e. The molecule has 1 aromatic rings. The van der Waals surface area contributed by atoms with Gasteiger partial charge in [0, 0.05) is 37.7 Å². The Morgan fingerprint density at radius 1 is 1.50 bits per heavy atom. The third-order valence-corrected chi connectivity index (χ3v) is 5.12. The molecule has 22 heavy (non-hydrogen) atoms. The number of aromatic nitrogens is 1. The van der Waals surface area contributed by atoms with Crippen molar-refractivity contribution in [2.45, 2.75) is 38.4 Å². The second kappa shape index (κ2) is 5.85. The summed E-state index contributed by atoms with van der Waals surface area (Å²) in [5.41, 5.74) is 5.94. The Balaban J connectivity index is 1.64. The van der Waals surface area contributed by atoms with E-state index < -0.39 is 0 Å². The molecule has 1 aromatic heterocycles. The number of ether oxygens (including phenoxy) is 1. The smallest absolute Gasteiger partial charge is 0.255 e. The van der Waals surface area contributed by atoms with Gasteiger partial charge in [-0.1, -0.05) is 0 Å². The molecule has 1 saturated heterocycles. The van der Waals surface area contributed by atoms with Gasteiger partial charge in [0.15, 0.2) is 0 Å². The molecule has 3 rings (SSSR count). The van der Waals surface area contributed by atoms with E-state index in [-0.39, 0.29) is 23.5 Å². The van der Waals surface area contributed by atoms with E-state index in [1.54, 1.807) is 12.1 Å². The average Bonchev–Trinajstić information content (AvgIpc) is 2.55. The standard InChI is InChI=1S/C16H23N3O3/c1-2-22-13-9-12(20)16(13)5-7-19(8-6-16)15(21)11-3-4-14(17)18-10-11/h3-4,10,12-13,20H,2,5-9H2,1H3,(H2,17,18)/t12-,13+/m1/s1. The van der Waals surface area contributed by atoms with Gasteiger partial charge >= 0.3 is 0 Å². The number of piperidine rings is 1. The van der Waals surface area contributed by atoms with Gasteiger partial charge in [-0.25, -0.2) is 4.98 Å². The molecule has 1 saturated carbocycles. The van der Waals surface area contributed by atoms with Crippen LogP contribution in [-0.2, 0) is 4.74 Å². The highest BCUT2D eigenvalue weighted by Gasteiger charge is 2.56. The van der Waals surface area contributed by atoms with Gasteiger partial charge < -0.3 is 20.5 Å². The summed E-state index contributed by atoms with van der Waals surface area (Å²) in [6, 6.07) is 3.34. The van der Waals surface area contributed by atoms with Crippen LogP contribution in [0, 0.1) is 5.41 Å². The molecular formula is C16H23N3O3. The summed E-state index contributed by atoms with van der Waals surface area (Å²) in [5.74, 6) is 0.385. The van der Waals surface area contributed by atoms with E-state index in [4.69, 9.17) is 10.5 Å². The summed E-state index contributed by atoms with van der Waals surface area (Å²) in [4.78, 5) is 18.3. The highest BCUT2D eigenvalue weighted by atomic mass is 16.5. The Morgan fingerprint density at radius 2 is 2.23 bits per heavy atom. The number of carbonyl (C=O) groups is 1. The molecule has 2 heterocycles. The fraction of sp³-hybridized carbons (Fsp3) is 0.625. The van der Waals surface area contributed by atoms with Crippen molar-refractivity contribution < 1.29 is 14.6 Å². The van der Waals surface area contributed by atoms with Crippen molar-refractivity contribution in [3.05, 3.63) is 23.9 Å². The number of pyridine rings is 1. The molecule has 3 N–H and O–H groups in total. The van der Waals surface area contributed by atoms with Crippen LogP contribution in [0.25, 0.3) is 0 Å². The minimum Gasteiger partial charge on any atom is -0.392 e. The van der Waals surface area contributed by atoms with E-state index in [2.05, 4.69) is 4.98 Å². The van der Waals surface area contributed by atoms with Crippen LogP contribution in [-0.4, -0.2) is 52.8 Å². The third kappa shape index (κ3) is 2.46. The predicted molar refractivity (Wildman–Crippen MR) is 82.3 cm³/mol. The average molecular weight is 305 g/mol. The van der Waals surface area contributed by atoms with Crippen LogP contribution < -0.4 is 5.73 Å². The van der Waals surface area contributed by atoms with Crippen LogP contribution in [0.2, 0.25) is 0 Å². The first-order valence-electron chi connectivity index (χ1n) is 7.87. The zero-order valence-corrected chi connectivity index (χ0v) is 12.9. The molecule has 6 heteroatoms. The van der Waals surface area contributed by atoms with Gasteiger partial charge in [0.05, 0.1) is 17.8 Å². The monoisotopic (exact) mass is 305 g/mol. The third-order valence-electron chi connectivity index (χ3n) is 5.12. The van der Waals surface area contributed by atoms with Crippen LogP contribution in [0.15, 0.2) is 18.3 Å². The number of hydrogen-bond acceptors (Lipinski definition) is 5. The Morgan fingerprint density at radius 3 is 2.77 bits per heavy atom. The van der Waals surface area contributed by atoms with Crippen LogP contribution in [0.3, 0.4) is 0 Å². The highest BCUT2D eigenvalue weighted by molar-refractivity contribution is 5.94. The topological polar surface area (TPSA) is 88.7 Å². The summed E-state index contributed by atoms with van der Waals surface area (Å²) >= 11 is 0. The normalized spacial score (nSPS) is 26.7. The minimum atomic E-state index is -0.306. The number of nitrogens with two attached hydrogens (primary N) is 1. The molecule has 2 fully saturated rings. The second-order valence-electron chi connectivity index (χ2n) is 6.19. The van der Waals surface area contributed by atoms with Gasteiger partial charge in [0.1, 0.15) is 5.82 Å². The number of carbonyl (C=O) groups excluding carboxylic acids is 1. The van der Waals surface area contributed by atoms with Crippen molar-refractivity contribution in [1.29, 1.82) is 0 Å². The van der Waals surface area contributed by atoms with Crippen molar-refractivity contribution in [3.63, 3.8) is 0 Å². The zero-order chi connectivity index (χ0) is 15.7. The lowest BCUT2D eigenvalue weighted by Gasteiger charge is -2.56. The van der Waals surface area contributed by atoms with Crippen molar-refractivity contribution >= 4 is 11.7 Å². The Hall–Kier alpha value is -1.66. The lowest BCUT2D eigenvalue weighted by Crippen LogP contribution is -2.62. The Labute approximate surface area is 130 Å². The van der Waals surface area contributed by atoms with Gasteiger partial charge in [0.25, 0.3) is 5.91 Å². The zero-order valence-electron chi connectivity index (χ0n) is 12.9. The predicted octanol–water partition coefficient (Wildman–Crippen LogP) is 1.06. The van der Waals surface area contributed by atoms with Crippen molar-refractivity contribution in [2.75, 3.05) is 25.4 Å². The molecule has 0 radical (unpaired) electrons. The number of amides is 1. The number of hydrogen-bond donors (Lipinski definition) is 2. The number of nitrogens with zero attached hydrogens (tertiary/aromatic N) is 2. The first-order chi connectivity index (χ1) is 10.6. The van der Waals surface area contributed by atoms with Crippen LogP contribution in [0.5, 0.6) is 0 Å². The van der Waals surface area contributed by atoms with Gasteiger partial charge in [-0.15, -0.1) is 0 Å². The lowest BCUT2D eigenvalue weighted by atomic mass is 9.58. The van der Waals surface area contributed by atoms with Gasteiger partial charge in [-0.3, -0.25) is 4.79 Å². The second-order valence-corrected chi connectivity index (χ2v) is 6.19. The molecular weight excluding hydrogens is 282 g/mol. The number of rotatable bonds is 3. The molecule has 0 unspecified atom stereocenters. The van der Waals surface area contributed by atoms with Crippen LogP contribution in [0.4, 0.5) is 5.82 Å². The number of likely N-dealkylation sites (tertiary alicyclic amines) is 1. The number of anilines is 1. The van der Waals surface area contributed by atoms with E-state index in [1.165, 1.54) is 6.20 Å². The molecule has 1 aliphatic carbocycles. The van der Waals surface area contributed by atoms with E-state index in [0.717, 1.165) is 12.8 Å². The maximum atomic E-state index is 12.5. The molecule has 1 amide bonds. The molecule has 6 nitrogen and oxygen atoms in total. The molecule has 0 aromatic carbocycles. The van der Waals surface area contributed by atoms with Crippen LogP contribution in [0.1, 0.15) is 36.5 Å². The Bertz CT molecular complexity index is 536. The molecule has 120 valence electrons. The Kier molecular flexibility index (Phi) is 4.06. The quantitative estimate of drug-likeness (QED) is 0.871. The summed E-state index contributed by atoms with van der Waals surface area (Å²) in [5, 5.41) is 10.2. The van der Waals surface area contributed by atoms with Gasteiger partial charge in [-0.05, 0) is 31.9 Å². The summed E-state index contributed by atoms with van der Waals surface area (Å²) in [6.45, 7) is 3.93. The fourth-order valence-electron chi connectivity index (χ4n) is 3.66. The molecule has 0 bridgehead atoms. The SMILES string of the molecule is CCO[C@H]1C[C@@H](O)C12CCN(C(=O)c1ccc(N)nc1)CC2. The van der Waals surface area contributed by atoms with E-state index >= 15 is 0 Å². The maximum Gasteiger partial charge on any atom is 0.255 e. The number of aliphatic hydroxyl groups is 1. The number of nitrogen functional groups attached to an aromatic ring is 1. The van der Waals surface area contributed by atoms with Crippen LogP contribution >= 0.6 is 0 Å². The molecule has 2 atom stereocenters. The molecule has 2 aliphatic rings. The van der Waals surface area contributed by atoms with Gasteiger partial charge in [0.2, 0.25) is 0 Å². The van der Waals surface area contributed by atoms with Crippen molar-refractivity contribution in [2.24, 2.45) is 5.41 Å². The molecule has 1 aliphatic heterocycles. The lowest BCUT2D eigenvalue weighted by molar-refractivity contribution is -0.207. The minimum absolute atomic E-state index is 0.0240. The van der Waals surface area contributed by atoms with E-state index in [1.807, 2.05) is 11.8 Å². The maximum absolute atomic E-state index is 12.5. The first kappa shape index (κ1) is 15.2. The number of aliphatic hydroxyl groups excluding tert-OH is 1. The van der Waals surface area contributed by atoms with E-state index in [9.17, 15) is 9.90 Å².